The fourth-order valence-electron chi connectivity index (χ4n) is 1.52. The monoisotopic (exact) mass is 324 g/mol. The molecule has 0 amide bonds. The van der Waals surface area contributed by atoms with Gasteiger partial charge in [0.1, 0.15) is 12.4 Å². The molecular weight excluding hydrogens is 316 g/mol. The smallest absolute Gasteiger partial charge is 0.256 e. The van der Waals surface area contributed by atoms with E-state index in [1.807, 2.05) is 36.4 Å². The maximum absolute atomic E-state index is 11.3. The first kappa shape index (κ1) is 13.1. The first-order valence-corrected chi connectivity index (χ1v) is 6.50. The lowest BCUT2D eigenvalue weighted by molar-refractivity contribution is 0.107. The lowest BCUT2D eigenvalue weighted by Crippen LogP contribution is -2.00. The minimum absolute atomic E-state index is 0.363. The van der Waals surface area contributed by atoms with Gasteiger partial charge in [-0.15, -0.1) is 0 Å². The number of benzene rings is 2. The van der Waals surface area contributed by atoms with Crippen LogP contribution in [0, 0.1) is 0 Å². The molecule has 0 fully saturated rings. The Morgan fingerprint density at radius 1 is 1.17 bits per heavy atom. The number of carbonyl (C=O) groups excluding carboxylic acids is 1. The number of rotatable bonds is 4. The quantitative estimate of drug-likeness (QED) is 0.778. The highest BCUT2D eigenvalue weighted by molar-refractivity contribution is 9.10. The van der Waals surface area contributed by atoms with E-state index in [1.54, 1.807) is 12.1 Å². The molecule has 0 bridgehead atoms. The van der Waals surface area contributed by atoms with Crippen LogP contribution in [0.4, 0.5) is 0 Å². The average molecular weight is 326 g/mol. The third-order valence-corrected chi connectivity index (χ3v) is 3.09. The fourth-order valence-corrected chi connectivity index (χ4v) is 2.03. The van der Waals surface area contributed by atoms with E-state index in [0.717, 1.165) is 10.0 Å². The van der Waals surface area contributed by atoms with Crippen molar-refractivity contribution >= 4 is 32.8 Å². The maximum atomic E-state index is 11.3. The number of carbonyl (C=O) groups is 1. The second-order valence-corrected chi connectivity index (χ2v) is 4.95. The molecule has 0 saturated carbocycles. The molecule has 2 aromatic carbocycles. The average Bonchev–Trinajstić information content (AvgIpc) is 2.38. The summed E-state index contributed by atoms with van der Waals surface area (Å²) in [6, 6.07) is 14.9. The molecule has 0 aliphatic carbocycles. The molecule has 0 atom stereocenters. The molecule has 0 spiro atoms. The molecule has 0 radical (unpaired) electrons. The van der Waals surface area contributed by atoms with Gasteiger partial charge in [-0.2, -0.15) is 0 Å². The third kappa shape index (κ3) is 3.34. The van der Waals surface area contributed by atoms with Crippen LogP contribution >= 0.6 is 27.5 Å². The summed E-state index contributed by atoms with van der Waals surface area (Å²) in [6.07, 6.45) is 0. The summed E-state index contributed by atoms with van der Waals surface area (Å²) in [6.45, 7) is 0.402. The van der Waals surface area contributed by atoms with Crippen molar-refractivity contribution in [2.24, 2.45) is 0 Å². The number of hydrogen-bond donors (Lipinski definition) is 0. The molecule has 2 aromatic rings. The summed E-state index contributed by atoms with van der Waals surface area (Å²) >= 11 is 8.82. The third-order valence-electron chi connectivity index (χ3n) is 2.39. The van der Waals surface area contributed by atoms with E-state index < -0.39 is 5.24 Å². The van der Waals surface area contributed by atoms with Crippen molar-refractivity contribution in [3.8, 4) is 5.75 Å². The van der Waals surface area contributed by atoms with Crippen LogP contribution in [-0.4, -0.2) is 5.24 Å². The zero-order valence-corrected chi connectivity index (χ0v) is 11.7. The normalized spacial score (nSPS) is 10.1. The lowest BCUT2D eigenvalue weighted by atomic mass is 10.2. The van der Waals surface area contributed by atoms with Gasteiger partial charge in [0.05, 0.1) is 5.56 Å². The summed E-state index contributed by atoms with van der Waals surface area (Å²) in [5.41, 5.74) is 1.40. The van der Waals surface area contributed by atoms with E-state index in [2.05, 4.69) is 15.9 Å². The van der Waals surface area contributed by atoms with Gasteiger partial charge in [-0.1, -0.05) is 46.3 Å². The molecule has 92 valence electrons. The van der Waals surface area contributed by atoms with Crippen molar-refractivity contribution in [3.05, 3.63) is 64.1 Å². The molecular formula is C14H10BrClO2. The fraction of sp³-hybridized carbons (Fsp3) is 0.0714. The van der Waals surface area contributed by atoms with E-state index >= 15 is 0 Å². The molecule has 0 unspecified atom stereocenters. The van der Waals surface area contributed by atoms with Gasteiger partial charge in [-0.3, -0.25) is 4.79 Å². The Balaban J connectivity index is 2.17. The standard InChI is InChI=1S/C14H10BrClO2/c15-11-6-7-13(12(8-11)14(16)17)18-9-10-4-2-1-3-5-10/h1-8H,9H2. The molecule has 4 heteroatoms. The van der Waals surface area contributed by atoms with Gasteiger partial charge in [-0.05, 0) is 35.4 Å². The predicted octanol–water partition coefficient (Wildman–Crippen LogP) is 4.41. The topological polar surface area (TPSA) is 26.3 Å². The minimum Gasteiger partial charge on any atom is -0.488 e. The lowest BCUT2D eigenvalue weighted by Gasteiger charge is -2.09. The number of halogens is 2. The van der Waals surface area contributed by atoms with Gasteiger partial charge in [0.2, 0.25) is 0 Å². The van der Waals surface area contributed by atoms with Crippen molar-refractivity contribution in [2.45, 2.75) is 6.61 Å². The molecule has 2 nitrogen and oxygen atoms in total. The highest BCUT2D eigenvalue weighted by Crippen LogP contribution is 2.25. The van der Waals surface area contributed by atoms with Crippen LogP contribution in [0.1, 0.15) is 15.9 Å². The van der Waals surface area contributed by atoms with Crippen molar-refractivity contribution in [3.63, 3.8) is 0 Å². The molecule has 0 aliphatic heterocycles. The Bertz CT molecular complexity index is 555. The highest BCUT2D eigenvalue weighted by Gasteiger charge is 2.11. The van der Waals surface area contributed by atoms with Crippen LogP contribution < -0.4 is 4.74 Å². The van der Waals surface area contributed by atoms with Gasteiger partial charge in [0.15, 0.2) is 0 Å². The van der Waals surface area contributed by atoms with Crippen molar-refractivity contribution in [1.82, 2.24) is 0 Å². The summed E-state index contributed by atoms with van der Waals surface area (Å²) in [5, 5.41) is -0.528. The van der Waals surface area contributed by atoms with E-state index in [-0.39, 0.29) is 0 Å². The van der Waals surface area contributed by atoms with Crippen LogP contribution in [0.5, 0.6) is 5.75 Å². The number of ether oxygens (including phenoxy) is 1. The first-order chi connectivity index (χ1) is 8.66. The van der Waals surface area contributed by atoms with Crippen molar-refractivity contribution in [2.75, 3.05) is 0 Å². The molecule has 0 aromatic heterocycles. The van der Waals surface area contributed by atoms with Gasteiger partial charge in [0.25, 0.3) is 5.24 Å². The molecule has 0 heterocycles. The van der Waals surface area contributed by atoms with Crippen LogP contribution in [0.25, 0.3) is 0 Å². The molecule has 0 aliphatic rings. The summed E-state index contributed by atoms with van der Waals surface area (Å²) in [5.74, 6) is 0.488. The Hall–Kier alpha value is -1.32. The van der Waals surface area contributed by atoms with Crippen LogP contribution in [0.2, 0.25) is 0 Å². The van der Waals surface area contributed by atoms with Gasteiger partial charge in [-0.25, -0.2) is 0 Å². The van der Waals surface area contributed by atoms with Crippen LogP contribution in [0.15, 0.2) is 53.0 Å². The van der Waals surface area contributed by atoms with Crippen molar-refractivity contribution in [1.29, 1.82) is 0 Å². The Morgan fingerprint density at radius 2 is 1.89 bits per heavy atom. The van der Waals surface area contributed by atoms with Gasteiger partial charge < -0.3 is 4.74 Å². The second kappa shape index (κ2) is 6.03. The summed E-state index contributed by atoms with van der Waals surface area (Å²) in [4.78, 5) is 11.3. The van der Waals surface area contributed by atoms with E-state index in [1.165, 1.54) is 0 Å². The van der Waals surface area contributed by atoms with E-state index in [0.29, 0.717) is 17.9 Å². The number of hydrogen-bond acceptors (Lipinski definition) is 2. The molecule has 0 saturated heterocycles. The Kier molecular flexibility index (Phi) is 4.39. The summed E-state index contributed by atoms with van der Waals surface area (Å²) < 4.78 is 6.40. The summed E-state index contributed by atoms with van der Waals surface area (Å²) in [7, 11) is 0. The van der Waals surface area contributed by atoms with Gasteiger partial charge >= 0.3 is 0 Å². The second-order valence-electron chi connectivity index (χ2n) is 3.69. The van der Waals surface area contributed by atoms with Crippen molar-refractivity contribution < 1.29 is 9.53 Å². The van der Waals surface area contributed by atoms with E-state index in [4.69, 9.17) is 16.3 Å². The van der Waals surface area contributed by atoms with E-state index in [9.17, 15) is 4.79 Å². The largest absolute Gasteiger partial charge is 0.488 e. The molecule has 0 N–H and O–H groups in total. The maximum Gasteiger partial charge on any atom is 0.256 e. The molecule has 2 rings (SSSR count). The van der Waals surface area contributed by atoms with Crippen LogP contribution in [0.3, 0.4) is 0 Å². The zero-order valence-electron chi connectivity index (χ0n) is 9.40. The van der Waals surface area contributed by atoms with Gasteiger partial charge in [0, 0.05) is 4.47 Å². The Labute approximate surface area is 119 Å². The minimum atomic E-state index is -0.528. The zero-order chi connectivity index (χ0) is 13.0. The SMILES string of the molecule is O=C(Cl)c1cc(Br)ccc1OCc1ccccc1. The first-order valence-electron chi connectivity index (χ1n) is 5.33. The Morgan fingerprint density at radius 3 is 2.56 bits per heavy atom. The van der Waals surface area contributed by atoms with Crippen LogP contribution in [-0.2, 0) is 6.61 Å². The molecule has 18 heavy (non-hydrogen) atoms. The highest BCUT2D eigenvalue weighted by atomic mass is 79.9. The predicted molar refractivity (Wildman–Crippen MR) is 75.1 cm³/mol.